The van der Waals surface area contributed by atoms with E-state index in [1.165, 1.54) is 24.2 Å². The highest BCUT2D eigenvalue weighted by atomic mass is 32.1. The molecule has 122 valence electrons. The summed E-state index contributed by atoms with van der Waals surface area (Å²) >= 11 is 1.33. The highest BCUT2D eigenvalue weighted by Crippen LogP contribution is 2.34. The molecule has 1 aliphatic rings. The van der Waals surface area contributed by atoms with E-state index in [1.807, 2.05) is 0 Å². The topological polar surface area (TPSA) is 81.2 Å². The van der Waals surface area contributed by atoms with Gasteiger partial charge in [-0.1, -0.05) is 43.9 Å². The Morgan fingerprint density at radius 2 is 2.32 bits per heavy atom. The van der Waals surface area contributed by atoms with Gasteiger partial charge in [-0.05, 0) is 13.3 Å². The number of unbranched alkanes of at least 4 members (excludes halogenated alkanes) is 3. The normalized spacial score (nSPS) is 24.3. The Morgan fingerprint density at radius 1 is 1.50 bits per heavy atom. The number of hydrogen-bond acceptors (Lipinski definition) is 7. The first kappa shape index (κ1) is 16.9. The van der Waals surface area contributed by atoms with E-state index in [2.05, 4.69) is 22.4 Å². The number of Topliss-reactive ketones (excluding diaryl/α,β-unsaturated/α-hetero) is 1. The molecule has 0 spiro atoms. The van der Waals surface area contributed by atoms with E-state index in [0.29, 0.717) is 11.6 Å². The number of esters is 1. The third-order valence-electron chi connectivity index (χ3n) is 4.05. The van der Waals surface area contributed by atoms with Crippen LogP contribution in [0.2, 0.25) is 0 Å². The molecule has 0 bridgehead atoms. The van der Waals surface area contributed by atoms with Crippen molar-refractivity contribution in [3.05, 3.63) is 5.51 Å². The van der Waals surface area contributed by atoms with Gasteiger partial charge in [-0.15, -0.1) is 10.2 Å². The first-order valence-corrected chi connectivity index (χ1v) is 8.69. The lowest BCUT2D eigenvalue weighted by Gasteiger charge is -2.20. The van der Waals surface area contributed by atoms with E-state index >= 15 is 0 Å². The van der Waals surface area contributed by atoms with Crippen LogP contribution in [-0.4, -0.2) is 34.1 Å². The summed E-state index contributed by atoms with van der Waals surface area (Å²) in [4.78, 5) is 24.3. The summed E-state index contributed by atoms with van der Waals surface area (Å²) in [5.41, 5.74) is 0.584. The molecule has 2 rings (SSSR count). The molecule has 1 aromatic rings. The molecule has 6 nitrogen and oxygen atoms in total. The van der Waals surface area contributed by atoms with Gasteiger partial charge < -0.3 is 10.1 Å². The van der Waals surface area contributed by atoms with Gasteiger partial charge in [0.1, 0.15) is 5.51 Å². The number of nitrogens with one attached hydrogen (secondary N) is 1. The largest absolute Gasteiger partial charge is 0.451 e. The van der Waals surface area contributed by atoms with E-state index in [9.17, 15) is 9.59 Å². The molecule has 0 saturated carbocycles. The summed E-state index contributed by atoms with van der Waals surface area (Å²) in [6.07, 6.45) is 5.79. The first-order valence-electron chi connectivity index (χ1n) is 7.81. The van der Waals surface area contributed by atoms with Crippen LogP contribution < -0.4 is 5.32 Å². The standard InChI is InChI=1S/C15H23N3O3S/c1-3-4-5-6-7-11-8-15(2,21-13(11)20)12(19)9-16-14-18-17-10-22-14/h10-11H,3-9H2,1-2H3,(H,16,18)/t11-,15-/m0/s1. The van der Waals surface area contributed by atoms with Crippen molar-refractivity contribution < 1.29 is 14.3 Å². The zero-order valence-corrected chi connectivity index (χ0v) is 13.9. The van der Waals surface area contributed by atoms with E-state index in [0.717, 1.165) is 19.3 Å². The van der Waals surface area contributed by atoms with Gasteiger partial charge >= 0.3 is 5.97 Å². The molecule has 2 atom stereocenters. The van der Waals surface area contributed by atoms with Crippen LogP contribution in [-0.2, 0) is 14.3 Å². The Balaban J connectivity index is 1.82. The number of nitrogens with zero attached hydrogens (tertiary/aromatic N) is 2. The molecule has 22 heavy (non-hydrogen) atoms. The van der Waals surface area contributed by atoms with Gasteiger partial charge in [-0.2, -0.15) is 0 Å². The van der Waals surface area contributed by atoms with Crippen LogP contribution >= 0.6 is 11.3 Å². The number of cyclic esters (lactones) is 1. The molecule has 1 fully saturated rings. The molecule has 7 heteroatoms. The van der Waals surface area contributed by atoms with Crippen molar-refractivity contribution in [2.24, 2.45) is 5.92 Å². The highest BCUT2D eigenvalue weighted by Gasteiger charge is 2.47. The van der Waals surface area contributed by atoms with Crippen LogP contribution in [0.5, 0.6) is 0 Å². The lowest BCUT2D eigenvalue weighted by atomic mass is 9.89. The molecule has 0 unspecified atom stereocenters. The van der Waals surface area contributed by atoms with Gasteiger partial charge in [0.15, 0.2) is 11.4 Å². The zero-order chi connectivity index (χ0) is 16.0. The number of aromatic nitrogens is 2. The fraction of sp³-hybridized carbons (Fsp3) is 0.733. The molecule has 0 amide bonds. The van der Waals surface area contributed by atoms with E-state index in [1.54, 1.807) is 12.4 Å². The van der Waals surface area contributed by atoms with Gasteiger partial charge in [0.25, 0.3) is 0 Å². The Hall–Kier alpha value is -1.50. The van der Waals surface area contributed by atoms with Crippen LogP contribution in [0, 0.1) is 5.92 Å². The minimum Gasteiger partial charge on any atom is -0.451 e. The summed E-state index contributed by atoms with van der Waals surface area (Å²) in [5.74, 6) is -0.497. The minimum absolute atomic E-state index is 0.0987. The molecule has 0 aliphatic carbocycles. The summed E-state index contributed by atoms with van der Waals surface area (Å²) in [6, 6.07) is 0. The number of anilines is 1. The summed E-state index contributed by atoms with van der Waals surface area (Å²) in [6.45, 7) is 3.97. The third-order valence-corrected chi connectivity index (χ3v) is 4.70. The van der Waals surface area contributed by atoms with Crippen molar-refractivity contribution in [3.63, 3.8) is 0 Å². The minimum atomic E-state index is -1.01. The molecule has 1 N–H and O–H groups in total. The van der Waals surface area contributed by atoms with Crippen molar-refractivity contribution in [2.45, 2.75) is 58.0 Å². The van der Waals surface area contributed by atoms with Gasteiger partial charge in [-0.3, -0.25) is 9.59 Å². The average Bonchev–Trinajstić information content (AvgIpc) is 3.10. The lowest BCUT2D eigenvalue weighted by molar-refractivity contribution is -0.156. The van der Waals surface area contributed by atoms with E-state index in [4.69, 9.17) is 4.74 Å². The maximum absolute atomic E-state index is 12.3. The second kappa shape index (κ2) is 7.67. The predicted octanol–water partition coefficient (Wildman–Crippen LogP) is 2.81. The number of carbonyl (C=O) groups excluding carboxylic acids is 2. The highest BCUT2D eigenvalue weighted by molar-refractivity contribution is 7.13. The summed E-state index contributed by atoms with van der Waals surface area (Å²) in [7, 11) is 0. The summed E-state index contributed by atoms with van der Waals surface area (Å²) in [5, 5.41) is 11.0. The van der Waals surface area contributed by atoms with Crippen LogP contribution in [0.4, 0.5) is 5.13 Å². The van der Waals surface area contributed by atoms with Crippen LogP contribution in [0.1, 0.15) is 52.4 Å². The van der Waals surface area contributed by atoms with Gasteiger partial charge in [0.2, 0.25) is 5.13 Å². The first-order chi connectivity index (χ1) is 10.5. The van der Waals surface area contributed by atoms with Crippen molar-refractivity contribution in [3.8, 4) is 0 Å². The second-order valence-corrected chi connectivity index (χ2v) is 6.76. The Morgan fingerprint density at radius 3 is 3.00 bits per heavy atom. The van der Waals surface area contributed by atoms with Crippen molar-refractivity contribution in [2.75, 3.05) is 11.9 Å². The maximum Gasteiger partial charge on any atom is 0.310 e. The molecule has 1 aliphatic heterocycles. The third kappa shape index (κ3) is 4.25. The molecular formula is C15H23N3O3S. The molecule has 1 saturated heterocycles. The maximum atomic E-state index is 12.3. The van der Waals surface area contributed by atoms with Gasteiger partial charge in [0, 0.05) is 6.42 Å². The van der Waals surface area contributed by atoms with Gasteiger partial charge in [0.05, 0.1) is 12.5 Å². The second-order valence-electron chi connectivity index (χ2n) is 5.92. The fourth-order valence-electron chi connectivity index (χ4n) is 2.70. The number of hydrogen-bond donors (Lipinski definition) is 1. The number of carbonyl (C=O) groups is 2. The monoisotopic (exact) mass is 325 g/mol. The predicted molar refractivity (Wildman–Crippen MR) is 84.8 cm³/mol. The van der Waals surface area contributed by atoms with E-state index in [-0.39, 0.29) is 24.2 Å². The van der Waals surface area contributed by atoms with Crippen LogP contribution in [0.3, 0.4) is 0 Å². The molecule has 1 aromatic heterocycles. The lowest BCUT2D eigenvalue weighted by Crippen LogP contribution is -2.39. The number of rotatable bonds is 9. The smallest absolute Gasteiger partial charge is 0.310 e. The van der Waals surface area contributed by atoms with Crippen molar-refractivity contribution >= 4 is 28.2 Å². The molecule has 0 aromatic carbocycles. The SMILES string of the molecule is CCCCCC[C@H]1C[C@@](C)(C(=O)CNc2nncs2)OC1=O. The molecule has 0 radical (unpaired) electrons. The Kier molecular flexibility index (Phi) is 5.88. The summed E-state index contributed by atoms with van der Waals surface area (Å²) < 4.78 is 5.39. The van der Waals surface area contributed by atoms with Crippen molar-refractivity contribution in [1.82, 2.24) is 10.2 Å². The van der Waals surface area contributed by atoms with Crippen LogP contribution in [0.15, 0.2) is 5.51 Å². The average molecular weight is 325 g/mol. The van der Waals surface area contributed by atoms with Gasteiger partial charge in [-0.25, -0.2) is 0 Å². The zero-order valence-electron chi connectivity index (χ0n) is 13.1. The molecular weight excluding hydrogens is 302 g/mol. The number of ether oxygens (including phenoxy) is 1. The Labute approximate surface area is 134 Å². The van der Waals surface area contributed by atoms with E-state index < -0.39 is 5.60 Å². The van der Waals surface area contributed by atoms with Crippen molar-refractivity contribution in [1.29, 1.82) is 0 Å². The fourth-order valence-corrected chi connectivity index (χ4v) is 3.15. The van der Waals surface area contributed by atoms with Crippen LogP contribution in [0.25, 0.3) is 0 Å². The Bertz CT molecular complexity index is 506. The number of ketones is 1. The molecule has 2 heterocycles. The quantitative estimate of drug-likeness (QED) is 0.555.